The van der Waals surface area contributed by atoms with Gasteiger partial charge < -0.3 is 5.11 Å². The van der Waals surface area contributed by atoms with Crippen molar-refractivity contribution in [1.29, 1.82) is 0 Å². The Hall–Kier alpha value is -0.830. The number of aromatic nitrogens is 2. The van der Waals surface area contributed by atoms with Gasteiger partial charge >= 0.3 is 0 Å². The van der Waals surface area contributed by atoms with Gasteiger partial charge in [-0.05, 0) is 38.2 Å². The molecule has 0 aromatic carbocycles. The molecule has 0 bridgehead atoms. The molecule has 0 aliphatic carbocycles. The van der Waals surface area contributed by atoms with Crippen LogP contribution in [-0.2, 0) is 13.0 Å². The largest absolute Gasteiger partial charge is 0.393 e. The molecule has 0 saturated carbocycles. The van der Waals surface area contributed by atoms with Crippen molar-refractivity contribution in [2.45, 2.75) is 60.1 Å². The van der Waals surface area contributed by atoms with E-state index in [0.717, 1.165) is 25.1 Å². The molecular weight excluding hydrogens is 200 g/mol. The second kappa shape index (κ2) is 5.00. The van der Waals surface area contributed by atoms with E-state index in [4.69, 9.17) is 0 Å². The minimum atomic E-state index is -0.256. The highest BCUT2D eigenvalue weighted by Crippen LogP contribution is 2.23. The molecule has 0 amide bonds. The molecule has 0 aliphatic rings. The molecule has 1 atom stereocenters. The van der Waals surface area contributed by atoms with Gasteiger partial charge in [0.25, 0.3) is 0 Å². The molecule has 92 valence electrons. The molecule has 1 N–H and O–H groups in total. The first-order valence-corrected chi connectivity index (χ1v) is 6.06. The zero-order valence-corrected chi connectivity index (χ0v) is 11.1. The van der Waals surface area contributed by atoms with Gasteiger partial charge in [-0.1, -0.05) is 20.8 Å². The standard InChI is InChI=1S/C13H24N2O/c1-6-15-11(9-10(2)14-15)7-8-12(16)13(3,4)5/h9,12,16H,6-8H2,1-5H3. The lowest BCUT2D eigenvalue weighted by Crippen LogP contribution is -2.26. The first kappa shape index (κ1) is 13.2. The van der Waals surface area contributed by atoms with Crippen LogP contribution in [0.5, 0.6) is 0 Å². The van der Waals surface area contributed by atoms with Gasteiger partial charge in [-0.15, -0.1) is 0 Å². The van der Waals surface area contributed by atoms with Gasteiger partial charge in [0.2, 0.25) is 0 Å². The highest BCUT2D eigenvalue weighted by molar-refractivity contribution is 5.09. The summed E-state index contributed by atoms with van der Waals surface area (Å²) < 4.78 is 2.02. The van der Waals surface area contributed by atoms with Crippen molar-refractivity contribution < 1.29 is 5.11 Å². The first-order valence-electron chi connectivity index (χ1n) is 6.06. The van der Waals surface area contributed by atoms with Gasteiger partial charge in [0.1, 0.15) is 0 Å². The van der Waals surface area contributed by atoms with Gasteiger partial charge in [-0.2, -0.15) is 5.10 Å². The number of hydrogen-bond donors (Lipinski definition) is 1. The molecule has 1 aromatic rings. The molecule has 16 heavy (non-hydrogen) atoms. The van der Waals surface area contributed by atoms with Crippen molar-refractivity contribution in [2.24, 2.45) is 5.41 Å². The van der Waals surface area contributed by atoms with Gasteiger partial charge in [0, 0.05) is 12.2 Å². The molecule has 1 heterocycles. The van der Waals surface area contributed by atoms with Crippen LogP contribution in [-0.4, -0.2) is 21.0 Å². The topological polar surface area (TPSA) is 38.0 Å². The summed E-state index contributed by atoms with van der Waals surface area (Å²) in [6.07, 6.45) is 1.44. The predicted octanol–water partition coefficient (Wildman–Crippen LogP) is 2.55. The summed E-state index contributed by atoms with van der Waals surface area (Å²) in [6, 6.07) is 2.11. The maximum absolute atomic E-state index is 9.99. The second-order valence-electron chi connectivity index (χ2n) is 5.51. The number of nitrogens with zero attached hydrogens (tertiary/aromatic N) is 2. The molecule has 0 aliphatic heterocycles. The lowest BCUT2D eigenvalue weighted by atomic mass is 9.86. The van der Waals surface area contributed by atoms with Crippen LogP contribution in [0.4, 0.5) is 0 Å². The molecule has 0 radical (unpaired) electrons. The number of rotatable bonds is 4. The Kier molecular flexibility index (Phi) is 4.14. The van der Waals surface area contributed by atoms with Crippen LogP contribution in [0, 0.1) is 12.3 Å². The van der Waals surface area contributed by atoms with Crippen LogP contribution >= 0.6 is 0 Å². The summed E-state index contributed by atoms with van der Waals surface area (Å²) in [5, 5.41) is 14.4. The predicted molar refractivity (Wildman–Crippen MR) is 66.4 cm³/mol. The average molecular weight is 224 g/mol. The number of aliphatic hydroxyl groups is 1. The van der Waals surface area contributed by atoms with E-state index in [2.05, 4.69) is 38.9 Å². The first-order chi connectivity index (χ1) is 7.34. The Balaban J connectivity index is 2.61. The summed E-state index contributed by atoms with van der Waals surface area (Å²) in [5.41, 5.74) is 2.25. The van der Waals surface area contributed by atoms with Crippen molar-refractivity contribution >= 4 is 0 Å². The van der Waals surface area contributed by atoms with Gasteiger partial charge in [-0.25, -0.2) is 0 Å². The van der Waals surface area contributed by atoms with E-state index < -0.39 is 0 Å². The minimum absolute atomic E-state index is 0.0356. The van der Waals surface area contributed by atoms with Crippen LogP contribution < -0.4 is 0 Å². The van der Waals surface area contributed by atoms with Crippen LogP contribution in [0.3, 0.4) is 0 Å². The quantitative estimate of drug-likeness (QED) is 0.853. The van der Waals surface area contributed by atoms with Crippen molar-refractivity contribution in [1.82, 2.24) is 9.78 Å². The van der Waals surface area contributed by atoms with Crippen LogP contribution in [0.1, 0.15) is 45.5 Å². The Morgan fingerprint density at radius 3 is 2.56 bits per heavy atom. The van der Waals surface area contributed by atoms with Crippen molar-refractivity contribution in [3.8, 4) is 0 Å². The highest BCUT2D eigenvalue weighted by Gasteiger charge is 2.22. The number of hydrogen-bond acceptors (Lipinski definition) is 2. The Labute approximate surface area is 98.5 Å². The minimum Gasteiger partial charge on any atom is -0.393 e. The zero-order valence-electron chi connectivity index (χ0n) is 11.1. The summed E-state index contributed by atoms with van der Waals surface area (Å²) in [6.45, 7) is 11.2. The summed E-state index contributed by atoms with van der Waals surface area (Å²) >= 11 is 0. The molecule has 3 heteroatoms. The van der Waals surface area contributed by atoms with E-state index in [9.17, 15) is 5.11 Å². The van der Waals surface area contributed by atoms with Gasteiger partial charge in [-0.3, -0.25) is 4.68 Å². The Morgan fingerprint density at radius 1 is 1.44 bits per heavy atom. The molecule has 0 spiro atoms. The SMILES string of the molecule is CCn1nc(C)cc1CCC(O)C(C)(C)C. The smallest absolute Gasteiger partial charge is 0.0596 e. The molecule has 1 rings (SSSR count). The molecular formula is C13H24N2O. The summed E-state index contributed by atoms with van der Waals surface area (Å²) in [5.74, 6) is 0. The molecule has 1 aromatic heterocycles. The van der Waals surface area contributed by atoms with E-state index in [1.54, 1.807) is 0 Å². The number of aliphatic hydroxyl groups excluding tert-OH is 1. The summed E-state index contributed by atoms with van der Waals surface area (Å²) in [7, 11) is 0. The molecule has 3 nitrogen and oxygen atoms in total. The fourth-order valence-corrected chi connectivity index (χ4v) is 1.79. The lowest BCUT2D eigenvalue weighted by molar-refractivity contribution is 0.0555. The van der Waals surface area contributed by atoms with Crippen molar-refractivity contribution in [3.05, 3.63) is 17.5 Å². The third-order valence-electron chi connectivity index (χ3n) is 2.96. The van der Waals surface area contributed by atoms with Crippen LogP contribution in [0.25, 0.3) is 0 Å². The zero-order chi connectivity index (χ0) is 12.3. The average Bonchev–Trinajstić information content (AvgIpc) is 2.53. The van der Waals surface area contributed by atoms with E-state index in [0.29, 0.717) is 0 Å². The molecule has 1 unspecified atom stereocenters. The second-order valence-corrected chi connectivity index (χ2v) is 5.51. The van der Waals surface area contributed by atoms with E-state index in [1.165, 1.54) is 5.69 Å². The maximum atomic E-state index is 9.99. The fraction of sp³-hybridized carbons (Fsp3) is 0.769. The Morgan fingerprint density at radius 2 is 2.06 bits per heavy atom. The maximum Gasteiger partial charge on any atom is 0.0596 e. The van der Waals surface area contributed by atoms with Crippen molar-refractivity contribution in [2.75, 3.05) is 0 Å². The van der Waals surface area contributed by atoms with E-state index in [1.807, 2.05) is 11.6 Å². The van der Waals surface area contributed by atoms with E-state index >= 15 is 0 Å². The Bertz CT molecular complexity index is 336. The molecule has 0 saturated heterocycles. The normalized spacial score (nSPS) is 14.1. The monoisotopic (exact) mass is 224 g/mol. The molecule has 0 fully saturated rings. The van der Waals surface area contributed by atoms with Crippen LogP contribution in [0.2, 0.25) is 0 Å². The van der Waals surface area contributed by atoms with Crippen molar-refractivity contribution in [3.63, 3.8) is 0 Å². The van der Waals surface area contributed by atoms with Crippen LogP contribution in [0.15, 0.2) is 6.07 Å². The summed E-state index contributed by atoms with van der Waals surface area (Å²) in [4.78, 5) is 0. The lowest BCUT2D eigenvalue weighted by Gasteiger charge is -2.25. The third kappa shape index (κ3) is 3.34. The van der Waals surface area contributed by atoms with E-state index in [-0.39, 0.29) is 11.5 Å². The fourth-order valence-electron chi connectivity index (χ4n) is 1.79. The van der Waals surface area contributed by atoms with Gasteiger partial charge in [0.15, 0.2) is 0 Å². The highest BCUT2D eigenvalue weighted by atomic mass is 16.3. The number of aryl methyl sites for hydroxylation is 3. The van der Waals surface area contributed by atoms with Gasteiger partial charge in [0.05, 0.1) is 11.8 Å². The third-order valence-corrected chi connectivity index (χ3v) is 2.96.